The molecule has 1 heterocycles. The Hall–Kier alpha value is -2.21. The lowest BCUT2D eigenvalue weighted by atomic mass is 10.2. The van der Waals surface area contributed by atoms with E-state index < -0.39 is 15.8 Å². The fourth-order valence-electron chi connectivity index (χ4n) is 2.23. The monoisotopic (exact) mass is 304 g/mol. The van der Waals surface area contributed by atoms with Crippen molar-refractivity contribution in [1.29, 1.82) is 0 Å². The molecule has 0 radical (unpaired) electrons. The molecule has 3 rings (SSSR count). The Labute approximate surface area is 121 Å². The molecule has 21 heavy (non-hydrogen) atoms. The number of imidazole rings is 1. The van der Waals surface area contributed by atoms with E-state index in [9.17, 15) is 12.8 Å². The van der Waals surface area contributed by atoms with Crippen molar-refractivity contribution in [2.75, 3.05) is 5.75 Å². The number of aromatic nitrogens is 2. The lowest BCUT2D eigenvalue weighted by molar-refractivity contribution is 0.590. The van der Waals surface area contributed by atoms with Gasteiger partial charge < -0.3 is 0 Å². The van der Waals surface area contributed by atoms with Gasteiger partial charge in [0.25, 0.3) is 0 Å². The fraction of sp³-hybridized carbons (Fsp3) is 0.133. The van der Waals surface area contributed by atoms with Crippen LogP contribution in [0.1, 0.15) is 6.92 Å². The van der Waals surface area contributed by atoms with Crippen LogP contribution in [0.15, 0.2) is 48.5 Å². The summed E-state index contributed by atoms with van der Waals surface area (Å²) >= 11 is 0. The summed E-state index contributed by atoms with van der Waals surface area (Å²) < 4.78 is 39.9. The number of benzene rings is 2. The number of rotatable bonds is 3. The summed E-state index contributed by atoms with van der Waals surface area (Å²) in [7, 11) is -3.59. The van der Waals surface area contributed by atoms with Crippen molar-refractivity contribution in [2.45, 2.75) is 6.92 Å². The summed E-state index contributed by atoms with van der Waals surface area (Å²) in [4.78, 5) is 4.30. The van der Waals surface area contributed by atoms with E-state index in [1.807, 2.05) is 0 Å². The molecule has 0 aliphatic heterocycles. The van der Waals surface area contributed by atoms with Crippen molar-refractivity contribution in [3.05, 3.63) is 54.3 Å². The summed E-state index contributed by atoms with van der Waals surface area (Å²) in [6.45, 7) is 1.55. The van der Waals surface area contributed by atoms with Crippen molar-refractivity contribution in [3.63, 3.8) is 0 Å². The quantitative estimate of drug-likeness (QED) is 0.747. The molecule has 6 heteroatoms. The predicted molar refractivity (Wildman–Crippen MR) is 80.0 cm³/mol. The molecule has 0 unspecified atom stereocenters. The standard InChI is InChI=1S/C15H13FN2O2S/c1-2-21(19,20)18-14-10-6-5-9-13(14)17-15(18)11-7-3-4-8-12(11)16/h3-10H,2H2,1H3. The Morgan fingerprint density at radius 2 is 1.76 bits per heavy atom. The zero-order valence-corrected chi connectivity index (χ0v) is 12.1. The van der Waals surface area contributed by atoms with Crippen LogP contribution >= 0.6 is 0 Å². The highest BCUT2D eigenvalue weighted by atomic mass is 32.2. The van der Waals surface area contributed by atoms with E-state index in [1.54, 1.807) is 43.3 Å². The SMILES string of the molecule is CCS(=O)(=O)n1c(-c2ccccc2F)nc2ccccc21. The average Bonchev–Trinajstić information content (AvgIpc) is 2.87. The number of hydrogen-bond acceptors (Lipinski definition) is 3. The van der Waals surface area contributed by atoms with E-state index in [4.69, 9.17) is 0 Å². The number of nitrogens with zero attached hydrogens (tertiary/aromatic N) is 2. The molecule has 0 aliphatic rings. The van der Waals surface area contributed by atoms with Crippen LogP contribution in [0, 0.1) is 5.82 Å². The first-order chi connectivity index (χ1) is 10.0. The molecule has 0 N–H and O–H groups in total. The molecule has 0 atom stereocenters. The third kappa shape index (κ3) is 2.21. The largest absolute Gasteiger partial charge is 0.240 e. The lowest BCUT2D eigenvalue weighted by Gasteiger charge is -2.09. The average molecular weight is 304 g/mol. The third-order valence-electron chi connectivity index (χ3n) is 3.28. The van der Waals surface area contributed by atoms with Gasteiger partial charge in [0.1, 0.15) is 5.82 Å². The molecule has 0 saturated carbocycles. The van der Waals surface area contributed by atoms with E-state index in [0.717, 1.165) is 3.97 Å². The molecule has 0 bridgehead atoms. The van der Waals surface area contributed by atoms with E-state index >= 15 is 0 Å². The van der Waals surface area contributed by atoms with Crippen molar-refractivity contribution < 1.29 is 12.8 Å². The molecular weight excluding hydrogens is 291 g/mol. The van der Waals surface area contributed by atoms with E-state index in [2.05, 4.69) is 4.98 Å². The summed E-state index contributed by atoms with van der Waals surface area (Å²) in [5, 5.41) is 0. The van der Waals surface area contributed by atoms with Crippen LogP contribution in [0.2, 0.25) is 0 Å². The summed E-state index contributed by atoms with van der Waals surface area (Å²) in [5.74, 6) is -0.481. The molecule has 0 spiro atoms. The molecular formula is C15H13FN2O2S. The highest BCUT2D eigenvalue weighted by molar-refractivity contribution is 7.90. The van der Waals surface area contributed by atoms with Crippen molar-refractivity contribution >= 4 is 21.1 Å². The van der Waals surface area contributed by atoms with Gasteiger partial charge in [0.05, 0.1) is 22.3 Å². The first-order valence-electron chi connectivity index (χ1n) is 6.50. The molecule has 4 nitrogen and oxygen atoms in total. The minimum absolute atomic E-state index is 0.0885. The maximum atomic E-state index is 14.0. The van der Waals surface area contributed by atoms with Gasteiger partial charge in [-0.1, -0.05) is 24.3 Å². The number of fused-ring (bicyclic) bond motifs is 1. The highest BCUT2D eigenvalue weighted by Gasteiger charge is 2.22. The first kappa shape index (κ1) is 13.8. The van der Waals surface area contributed by atoms with Crippen LogP contribution in [0.25, 0.3) is 22.4 Å². The Kier molecular flexibility index (Phi) is 3.25. The minimum Gasteiger partial charge on any atom is -0.227 e. The van der Waals surface area contributed by atoms with Gasteiger partial charge in [0.2, 0.25) is 10.0 Å². The predicted octanol–water partition coefficient (Wildman–Crippen LogP) is 3.04. The fourth-order valence-corrected chi connectivity index (χ4v) is 3.34. The van der Waals surface area contributed by atoms with Gasteiger partial charge >= 0.3 is 0 Å². The van der Waals surface area contributed by atoms with Crippen LogP contribution < -0.4 is 0 Å². The summed E-state index contributed by atoms with van der Waals surface area (Å²) in [6.07, 6.45) is 0. The van der Waals surface area contributed by atoms with Crippen LogP contribution in [-0.4, -0.2) is 23.1 Å². The number of para-hydroxylation sites is 2. The molecule has 0 saturated heterocycles. The van der Waals surface area contributed by atoms with Gasteiger partial charge in [-0.25, -0.2) is 21.8 Å². The minimum atomic E-state index is -3.59. The van der Waals surface area contributed by atoms with Crippen LogP contribution in [-0.2, 0) is 10.0 Å². The van der Waals surface area contributed by atoms with E-state index in [-0.39, 0.29) is 17.1 Å². The van der Waals surface area contributed by atoms with Gasteiger partial charge in [0, 0.05) is 0 Å². The van der Waals surface area contributed by atoms with E-state index in [0.29, 0.717) is 11.0 Å². The maximum absolute atomic E-state index is 14.0. The molecule has 0 aliphatic carbocycles. The highest BCUT2D eigenvalue weighted by Crippen LogP contribution is 2.28. The molecule has 2 aromatic carbocycles. The van der Waals surface area contributed by atoms with Crippen LogP contribution in [0.3, 0.4) is 0 Å². The zero-order chi connectivity index (χ0) is 15.0. The second kappa shape index (κ2) is 4.96. The van der Waals surface area contributed by atoms with Gasteiger partial charge in [-0.3, -0.25) is 0 Å². The van der Waals surface area contributed by atoms with Gasteiger partial charge in [0.15, 0.2) is 5.82 Å². The summed E-state index contributed by atoms with van der Waals surface area (Å²) in [5.41, 5.74) is 1.15. The number of hydrogen-bond donors (Lipinski definition) is 0. The second-order valence-corrected chi connectivity index (χ2v) is 6.68. The summed E-state index contributed by atoms with van der Waals surface area (Å²) in [6, 6.07) is 12.9. The van der Waals surface area contributed by atoms with Crippen molar-refractivity contribution in [1.82, 2.24) is 8.96 Å². The van der Waals surface area contributed by atoms with Crippen molar-refractivity contribution in [2.24, 2.45) is 0 Å². The molecule has 1 aromatic heterocycles. The Balaban J connectivity index is 2.44. The van der Waals surface area contributed by atoms with Crippen LogP contribution in [0.5, 0.6) is 0 Å². The topological polar surface area (TPSA) is 52.0 Å². The van der Waals surface area contributed by atoms with Crippen molar-refractivity contribution in [3.8, 4) is 11.4 Å². The van der Waals surface area contributed by atoms with Gasteiger partial charge in [-0.15, -0.1) is 0 Å². The Morgan fingerprint density at radius 3 is 2.48 bits per heavy atom. The first-order valence-corrected chi connectivity index (χ1v) is 8.11. The second-order valence-electron chi connectivity index (χ2n) is 4.57. The Bertz CT molecular complexity index is 916. The Morgan fingerprint density at radius 1 is 1.10 bits per heavy atom. The molecule has 3 aromatic rings. The smallest absolute Gasteiger partial charge is 0.227 e. The van der Waals surface area contributed by atoms with Gasteiger partial charge in [-0.2, -0.15) is 0 Å². The lowest BCUT2D eigenvalue weighted by Crippen LogP contribution is -2.16. The maximum Gasteiger partial charge on any atom is 0.240 e. The van der Waals surface area contributed by atoms with Crippen LogP contribution in [0.4, 0.5) is 4.39 Å². The zero-order valence-electron chi connectivity index (χ0n) is 11.3. The number of halogens is 1. The molecule has 108 valence electrons. The molecule has 0 fully saturated rings. The normalized spacial score (nSPS) is 11.9. The molecule has 0 amide bonds. The third-order valence-corrected chi connectivity index (χ3v) is 4.93. The van der Waals surface area contributed by atoms with Gasteiger partial charge in [-0.05, 0) is 31.2 Å². The van der Waals surface area contributed by atoms with E-state index in [1.165, 1.54) is 12.1 Å².